The van der Waals surface area contributed by atoms with Gasteiger partial charge >= 0.3 is 0 Å². The van der Waals surface area contributed by atoms with Crippen molar-refractivity contribution < 1.29 is 33.3 Å². The van der Waals surface area contributed by atoms with Crippen LogP contribution in [0, 0.1) is 0 Å². The van der Waals surface area contributed by atoms with E-state index in [1.807, 2.05) is 0 Å². The Morgan fingerprint density at radius 1 is 0.949 bits per heavy atom. The molecule has 8 heteroatoms. The maximum Gasteiger partial charge on any atom is 0.296 e. The second kappa shape index (κ2) is 13.0. The van der Waals surface area contributed by atoms with Gasteiger partial charge in [0.05, 0.1) is 44.7 Å². The first-order valence-electron chi connectivity index (χ1n) is 13.3. The SMILES string of the molecule is CCCCOc1ccc(/C(O)=C2/C(=O)C(=O)N(Cc3ccco3)C2c2ccc(OCCCC)c(OC)c2)cc1. The molecule has 0 radical (unpaired) electrons. The number of aliphatic hydroxyl groups is 1. The Kier molecular flexibility index (Phi) is 9.31. The Morgan fingerprint density at radius 3 is 2.31 bits per heavy atom. The number of Topliss-reactive ketones (excluding diaryl/α,β-unsaturated/α-hetero) is 1. The number of unbranched alkanes of at least 4 members (excludes halogenated alkanes) is 2. The number of hydrogen-bond acceptors (Lipinski definition) is 7. The second-order valence-corrected chi connectivity index (χ2v) is 9.35. The molecule has 1 atom stereocenters. The highest BCUT2D eigenvalue weighted by molar-refractivity contribution is 6.46. The van der Waals surface area contributed by atoms with E-state index in [0.29, 0.717) is 47.3 Å². The summed E-state index contributed by atoms with van der Waals surface area (Å²) in [4.78, 5) is 28.0. The van der Waals surface area contributed by atoms with Gasteiger partial charge < -0.3 is 28.6 Å². The first kappa shape index (κ1) is 27.8. The molecule has 3 aromatic rings. The molecule has 0 aliphatic carbocycles. The minimum absolute atomic E-state index is 0.00656. The molecule has 1 saturated heterocycles. The van der Waals surface area contributed by atoms with Crippen molar-refractivity contribution in [1.29, 1.82) is 0 Å². The average Bonchev–Trinajstić information content (AvgIpc) is 3.56. The van der Waals surface area contributed by atoms with E-state index < -0.39 is 17.7 Å². The van der Waals surface area contributed by atoms with Gasteiger partial charge in [-0.15, -0.1) is 0 Å². The Hall–Kier alpha value is -4.20. The van der Waals surface area contributed by atoms with Crippen molar-refractivity contribution in [1.82, 2.24) is 4.90 Å². The van der Waals surface area contributed by atoms with Crippen LogP contribution in [0.3, 0.4) is 0 Å². The van der Waals surface area contributed by atoms with Gasteiger partial charge in [0.25, 0.3) is 11.7 Å². The molecule has 39 heavy (non-hydrogen) atoms. The number of aliphatic hydroxyl groups excluding tert-OH is 1. The standard InChI is InChI=1S/C31H35NO7/c1-4-6-16-37-23-13-10-21(11-14-23)29(33)27-28(32(31(35)30(27)34)20-24-9-8-18-38-24)22-12-15-25(26(19-22)36-3)39-17-7-5-2/h8-15,18-19,28,33H,4-7,16-17,20H2,1-3H3/b29-27-. The summed E-state index contributed by atoms with van der Waals surface area (Å²) in [6.07, 6.45) is 5.36. The first-order valence-corrected chi connectivity index (χ1v) is 13.3. The molecule has 2 aromatic carbocycles. The fraction of sp³-hybridized carbons (Fsp3) is 0.355. The third-order valence-electron chi connectivity index (χ3n) is 6.60. The maximum absolute atomic E-state index is 13.4. The summed E-state index contributed by atoms with van der Waals surface area (Å²) in [6.45, 7) is 5.37. The van der Waals surface area contributed by atoms with Gasteiger partial charge in [-0.3, -0.25) is 9.59 Å². The van der Waals surface area contributed by atoms with Crippen molar-refractivity contribution in [2.45, 2.75) is 52.1 Å². The second-order valence-electron chi connectivity index (χ2n) is 9.35. The molecule has 206 valence electrons. The third-order valence-corrected chi connectivity index (χ3v) is 6.60. The first-order chi connectivity index (χ1) is 19.0. The van der Waals surface area contributed by atoms with Crippen LogP contribution in [0.15, 0.2) is 70.9 Å². The minimum Gasteiger partial charge on any atom is -0.507 e. The fourth-order valence-corrected chi connectivity index (χ4v) is 4.46. The molecule has 2 heterocycles. The molecule has 1 unspecified atom stereocenters. The number of nitrogens with zero attached hydrogens (tertiary/aromatic N) is 1. The lowest BCUT2D eigenvalue weighted by molar-refractivity contribution is -0.140. The van der Waals surface area contributed by atoms with Crippen LogP contribution in [0.1, 0.15) is 62.5 Å². The molecule has 0 bridgehead atoms. The molecule has 1 aliphatic heterocycles. The highest BCUT2D eigenvalue weighted by Gasteiger charge is 2.46. The van der Waals surface area contributed by atoms with E-state index in [4.69, 9.17) is 18.6 Å². The van der Waals surface area contributed by atoms with Crippen molar-refractivity contribution in [3.63, 3.8) is 0 Å². The molecule has 0 spiro atoms. The summed E-state index contributed by atoms with van der Waals surface area (Å²) in [5, 5.41) is 11.4. The van der Waals surface area contributed by atoms with E-state index in [1.54, 1.807) is 54.6 Å². The zero-order valence-electron chi connectivity index (χ0n) is 22.6. The van der Waals surface area contributed by atoms with E-state index in [9.17, 15) is 14.7 Å². The van der Waals surface area contributed by atoms with Crippen molar-refractivity contribution in [2.75, 3.05) is 20.3 Å². The highest BCUT2D eigenvalue weighted by Crippen LogP contribution is 2.43. The number of likely N-dealkylation sites (tertiary alicyclic amines) is 1. The molecule has 1 fully saturated rings. The van der Waals surface area contributed by atoms with Gasteiger partial charge in [-0.1, -0.05) is 32.8 Å². The lowest BCUT2D eigenvalue weighted by atomic mass is 9.95. The van der Waals surface area contributed by atoms with E-state index in [-0.39, 0.29) is 17.9 Å². The Balaban J connectivity index is 1.75. The number of carbonyl (C=O) groups is 2. The molecule has 0 saturated carbocycles. The zero-order chi connectivity index (χ0) is 27.8. The van der Waals surface area contributed by atoms with E-state index in [0.717, 1.165) is 25.7 Å². The lowest BCUT2D eigenvalue weighted by Crippen LogP contribution is -2.29. The largest absolute Gasteiger partial charge is 0.507 e. The van der Waals surface area contributed by atoms with E-state index in [1.165, 1.54) is 18.3 Å². The maximum atomic E-state index is 13.4. The number of furan rings is 1. The topological polar surface area (TPSA) is 98.4 Å². The molecule has 4 rings (SSSR count). The predicted octanol–water partition coefficient (Wildman–Crippen LogP) is 6.27. The summed E-state index contributed by atoms with van der Waals surface area (Å²) in [5.74, 6) is 0.467. The molecule has 8 nitrogen and oxygen atoms in total. The van der Waals surface area contributed by atoms with Gasteiger partial charge in [-0.05, 0) is 66.9 Å². The molecule has 1 N–H and O–H groups in total. The lowest BCUT2D eigenvalue weighted by Gasteiger charge is -2.25. The number of amides is 1. The molecular weight excluding hydrogens is 498 g/mol. The van der Waals surface area contributed by atoms with E-state index >= 15 is 0 Å². The highest BCUT2D eigenvalue weighted by atomic mass is 16.5. The van der Waals surface area contributed by atoms with Crippen LogP contribution in [0.5, 0.6) is 17.2 Å². The summed E-state index contributed by atoms with van der Waals surface area (Å²) < 4.78 is 22.6. The Labute approximate surface area is 228 Å². The quantitative estimate of drug-likeness (QED) is 0.120. The van der Waals surface area contributed by atoms with Crippen LogP contribution in [-0.2, 0) is 16.1 Å². The van der Waals surface area contributed by atoms with Crippen LogP contribution in [-0.4, -0.2) is 42.0 Å². The van der Waals surface area contributed by atoms with Crippen LogP contribution in [0.4, 0.5) is 0 Å². The number of carbonyl (C=O) groups excluding carboxylic acids is 2. The van der Waals surface area contributed by atoms with Crippen LogP contribution in [0.25, 0.3) is 5.76 Å². The third kappa shape index (κ3) is 6.28. The summed E-state index contributed by atoms with van der Waals surface area (Å²) in [5.41, 5.74) is 1.000. The summed E-state index contributed by atoms with van der Waals surface area (Å²) >= 11 is 0. The molecule has 1 amide bonds. The van der Waals surface area contributed by atoms with Crippen molar-refractivity contribution >= 4 is 17.4 Å². The number of hydrogen-bond donors (Lipinski definition) is 1. The minimum atomic E-state index is -0.867. The predicted molar refractivity (Wildman–Crippen MR) is 147 cm³/mol. The number of ketones is 1. The van der Waals surface area contributed by atoms with E-state index in [2.05, 4.69) is 13.8 Å². The van der Waals surface area contributed by atoms with Crippen LogP contribution in [0.2, 0.25) is 0 Å². The molecular formula is C31H35NO7. The molecule has 1 aliphatic rings. The normalized spacial score (nSPS) is 16.5. The van der Waals surface area contributed by atoms with Crippen LogP contribution >= 0.6 is 0 Å². The van der Waals surface area contributed by atoms with Gasteiger partial charge in [0, 0.05) is 5.56 Å². The number of rotatable bonds is 13. The summed E-state index contributed by atoms with van der Waals surface area (Å²) in [7, 11) is 1.54. The fourth-order valence-electron chi connectivity index (χ4n) is 4.46. The van der Waals surface area contributed by atoms with Gasteiger partial charge in [0.15, 0.2) is 11.5 Å². The number of methoxy groups -OCH3 is 1. The smallest absolute Gasteiger partial charge is 0.296 e. The number of benzene rings is 2. The van der Waals surface area contributed by atoms with Crippen LogP contribution < -0.4 is 14.2 Å². The monoisotopic (exact) mass is 533 g/mol. The zero-order valence-corrected chi connectivity index (χ0v) is 22.6. The van der Waals surface area contributed by atoms with Gasteiger partial charge in [-0.2, -0.15) is 0 Å². The van der Waals surface area contributed by atoms with Crippen molar-refractivity contribution in [3.8, 4) is 17.2 Å². The Morgan fingerprint density at radius 2 is 1.67 bits per heavy atom. The summed E-state index contributed by atoms with van der Waals surface area (Å²) in [6, 6.07) is 14.7. The Bertz CT molecular complexity index is 1290. The number of ether oxygens (including phenoxy) is 3. The average molecular weight is 534 g/mol. The molecule has 1 aromatic heterocycles. The van der Waals surface area contributed by atoms with Gasteiger partial charge in [0.1, 0.15) is 17.3 Å². The van der Waals surface area contributed by atoms with Crippen molar-refractivity contribution in [3.05, 3.63) is 83.3 Å². The van der Waals surface area contributed by atoms with Gasteiger partial charge in [-0.25, -0.2) is 0 Å². The van der Waals surface area contributed by atoms with Gasteiger partial charge in [0.2, 0.25) is 0 Å². The van der Waals surface area contributed by atoms with Crippen molar-refractivity contribution in [2.24, 2.45) is 0 Å².